The Morgan fingerprint density at radius 1 is 0.875 bits per heavy atom. The molecule has 0 unspecified atom stereocenters. The molecule has 0 saturated heterocycles. The first kappa shape index (κ1) is 10.7. The van der Waals surface area contributed by atoms with Gasteiger partial charge in [0.15, 0.2) is 0 Å². The minimum atomic E-state index is 0.392. The molecule has 0 fully saturated rings. The predicted molar refractivity (Wildman–Crippen MR) is 69.5 cm³/mol. The molecule has 2 aromatic carbocycles. The van der Waals surface area contributed by atoms with Crippen LogP contribution in [0.3, 0.4) is 0 Å². The van der Waals surface area contributed by atoms with Crippen LogP contribution in [-0.2, 0) is 0 Å². The normalized spacial score (nSPS) is 12.1. The van der Waals surface area contributed by atoms with E-state index >= 15 is 0 Å². The Morgan fingerprint density at radius 2 is 1.44 bits per heavy atom. The van der Waals surface area contributed by atoms with E-state index in [0.29, 0.717) is 6.04 Å². The van der Waals surface area contributed by atoms with Crippen molar-refractivity contribution in [2.24, 2.45) is 0 Å². The van der Waals surface area contributed by atoms with Crippen molar-refractivity contribution in [1.82, 2.24) is 0 Å². The number of rotatable bonds is 4. The lowest BCUT2D eigenvalue weighted by Crippen LogP contribution is -2.09. The van der Waals surface area contributed by atoms with Crippen LogP contribution in [0.25, 0.3) is 0 Å². The van der Waals surface area contributed by atoms with Gasteiger partial charge in [-0.2, -0.15) is 0 Å². The van der Waals surface area contributed by atoms with Crippen molar-refractivity contribution in [2.45, 2.75) is 19.4 Å². The summed E-state index contributed by atoms with van der Waals surface area (Å²) in [5.41, 5.74) is 2.52. The van der Waals surface area contributed by atoms with E-state index in [9.17, 15) is 0 Å². The highest BCUT2D eigenvalue weighted by atomic mass is 14.9. The monoisotopic (exact) mass is 211 g/mol. The second-order valence-electron chi connectivity index (χ2n) is 3.88. The van der Waals surface area contributed by atoms with Gasteiger partial charge in [-0.1, -0.05) is 55.5 Å². The summed E-state index contributed by atoms with van der Waals surface area (Å²) in [6.45, 7) is 2.20. The molecule has 1 atom stereocenters. The van der Waals surface area contributed by atoms with Crippen LogP contribution in [0.2, 0.25) is 0 Å². The maximum Gasteiger partial charge on any atom is 0.0511 e. The maximum absolute atomic E-state index is 3.54. The fraction of sp³-hybridized carbons (Fsp3) is 0.200. The average Bonchev–Trinajstić information content (AvgIpc) is 2.38. The Kier molecular flexibility index (Phi) is 3.60. The fourth-order valence-corrected chi connectivity index (χ4v) is 1.84. The molecule has 1 nitrogen and oxygen atoms in total. The zero-order valence-electron chi connectivity index (χ0n) is 9.56. The lowest BCUT2D eigenvalue weighted by Gasteiger charge is -2.18. The van der Waals surface area contributed by atoms with Crippen molar-refractivity contribution in [3.05, 3.63) is 66.2 Å². The maximum atomic E-state index is 3.54. The first-order valence-electron chi connectivity index (χ1n) is 5.76. The molecule has 0 aromatic heterocycles. The van der Waals surface area contributed by atoms with Gasteiger partial charge in [-0.3, -0.25) is 0 Å². The molecule has 0 aliphatic heterocycles. The Hall–Kier alpha value is -1.76. The van der Waals surface area contributed by atoms with Crippen molar-refractivity contribution in [2.75, 3.05) is 5.32 Å². The average molecular weight is 211 g/mol. The van der Waals surface area contributed by atoms with Crippen LogP contribution in [0.5, 0.6) is 0 Å². The Bertz CT molecular complexity index is 408. The summed E-state index contributed by atoms with van der Waals surface area (Å²) in [6.07, 6.45) is 1.08. The Labute approximate surface area is 97.1 Å². The highest BCUT2D eigenvalue weighted by Crippen LogP contribution is 2.21. The summed E-state index contributed by atoms with van der Waals surface area (Å²) < 4.78 is 0. The predicted octanol–water partition coefficient (Wildman–Crippen LogP) is 4.25. The van der Waals surface area contributed by atoms with E-state index in [4.69, 9.17) is 0 Å². The van der Waals surface area contributed by atoms with Crippen molar-refractivity contribution in [3.8, 4) is 0 Å². The first-order valence-corrected chi connectivity index (χ1v) is 5.76. The van der Waals surface area contributed by atoms with Crippen molar-refractivity contribution < 1.29 is 0 Å². The molecule has 2 rings (SSSR count). The van der Waals surface area contributed by atoms with Gasteiger partial charge in [0.2, 0.25) is 0 Å². The summed E-state index contributed by atoms with van der Waals surface area (Å²) in [5, 5.41) is 3.54. The van der Waals surface area contributed by atoms with E-state index in [-0.39, 0.29) is 0 Å². The van der Waals surface area contributed by atoms with Gasteiger partial charge in [0, 0.05) is 5.69 Å². The third kappa shape index (κ3) is 2.63. The third-order valence-corrected chi connectivity index (χ3v) is 2.72. The number of hydrogen-bond acceptors (Lipinski definition) is 1. The lowest BCUT2D eigenvalue weighted by molar-refractivity contribution is 0.749. The molecule has 0 bridgehead atoms. The second kappa shape index (κ2) is 5.36. The molecule has 0 radical (unpaired) electrons. The standard InChI is InChI=1S/C15H17N/c1-2-15(13-9-5-3-6-10-13)16-14-11-7-4-8-12-14/h3-12,15-16H,2H2,1H3/t15-/m0/s1. The number of anilines is 1. The molecule has 1 N–H and O–H groups in total. The summed E-state index contributed by atoms with van der Waals surface area (Å²) in [6, 6.07) is 21.3. The molecule has 2 aromatic rings. The zero-order valence-corrected chi connectivity index (χ0v) is 9.56. The fourth-order valence-electron chi connectivity index (χ4n) is 1.84. The SMILES string of the molecule is CC[C@H](Nc1ccccc1)c1ccccc1. The summed E-state index contributed by atoms with van der Waals surface area (Å²) in [5.74, 6) is 0. The summed E-state index contributed by atoms with van der Waals surface area (Å²) in [4.78, 5) is 0. The van der Waals surface area contributed by atoms with Gasteiger partial charge in [-0.25, -0.2) is 0 Å². The molecule has 0 amide bonds. The number of hydrogen-bond donors (Lipinski definition) is 1. The second-order valence-corrected chi connectivity index (χ2v) is 3.88. The van der Waals surface area contributed by atoms with Crippen LogP contribution in [0.1, 0.15) is 24.9 Å². The quantitative estimate of drug-likeness (QED) is 0.797. The minimum Gasteiger partial charge on any atom is -0.378 e. The Morgan fingerprint density at radius 3 is 2.00 bits per heavy atom. The molecule has 1 heteroatoms. The van der Waals surface area contributed by atoms with Crippen LogP contribution < -0.4 is 5.32 Å². The van der Waals surface area contributed by atoms with Crippen molar-refractivity contribution in [1.29, 1.82) is 0 Å². The first-order chi connectivity index (χ1) is 7.90. The van der Waals surface area contributed by atoms with E-state index in [2.05, 4.69) is 66.8 Å². The van der Waals surface area contributed by atoms with Gasteiger partial charge >= 0.3 is 0 Å². The molecule has 0 saturated carbocycles. The van der Waals surface area contributed by atoms with Crippen molar-refractivity contribution >= 4 is 5.69 Å². The summed E-state index contributed by atoms with van der Waals surface area (Å²) >= 11 is 0. The minimum absolute atomic E-state index is 0.392. The van der Waals surface area contributed by atoms with Crippen LogP contribution in [0.15, 0.2) is 60.7 Å². The van der Waals surface area contributed by atoms with E-state index in [0.717, 1.165) is 6.42 Å². The largest absolute Gasteiger partial charge is 0.378 e. The van der Waals surface area contributed by atoms with Crippen LogP contribution in [0.4, 0.5) is 5.69 Å². The van der Waals surface area contributed by atoms with Gasteiger partial charge in [0.1, 0.15) is 0 Å². The van der Waals surface area contributed by atoms with Gasteiger partial charge in [-0.05, 0) is 24.1 Å². The molecule has 0 heterocycles. The molecule has 82 valence electrons. The van der Waals surface area contributed by atoms with E-state index in [1.807, 2.05) is 6.07 Å². The van der Waals surface area contributed by atoms with Gasteiger partial charge < -0.3 is 5.32 Å². The smallest absolute Gasteiger partial charge is 0.0511 e. The number of benzene rings is 2. The van der Waals surface area contributed by atoms with Crippen LogP contribution >= 0.6 is 0 Å². The molecule has 0 aliphatic rings. The van der Waals surface area contributed by atoms with Crippen LogP contribution in [0, 0.1) is 0 Å². The van der Waals surface area contributed by atoms with E-state index < -0.39 is 0 Å². The summed E-state index contributed by atoms with van der Waals surface area (Å²) in [7, 11) is 0. The topological polar surface area (TPSA) is 12.0 Å². The molecular weight excluding hydrogens is 194 g/mol. The van der Waals surface area contributed by atoms with Gasteiger partial charge in [0.25, 0.3) is 0 Å². The molecule has 0 spiro atoms. The molecule has 0 aliphatic carbocycles. The third-order valence-electron chi connectivity index (χ3n) is 2.72. The van der Waals surface area contributed by atoms with E-state index in [1.165, 1.54) is 11.3 Å². The highest BCUT2D eigenvalue weighted by Gasteiger charge is 2.07. The zero-order chi connectivity index (χ0) is 11.2. The Balaban J connectivity index is 2.13. The highest BCUT2D eigenvalue weighted by molar-refractivity contribution is 5.45. The van der Waals surface area contributed by atoms with Crippen LogP contribution in [-0.4, -0.2) is 0 Å². The van der Waals surface area contributed by atoms with E-state index in [1.54, 1.807) is 0 Å². The number of nitrogens with one attached hydrogen (secondary N) is 1. The van der Waals surface area contributed by atoms with Gasteiger partial charge in [0.05, 0.1) is 6.04 Å². The molecular formula is C15H17N. The van der Waals surface area contributed by atoms with Gasteiger partial charge in [-0.15, -0.1) is 0 Å². The molecule has 16 heavy (non-hydrogen) atoms. The number of para-hydroxylation sites is 1. The van der Waals surface area contributed by atoms with Crippen molar-refractivity contribution in [3.63, 3.8) is 0 Å². The lowest BCUT2D eigenvalue weighted by atomic mass is 10.0.